The van der Waals surface area contributed by atoms with Gasteiger partial charge in [-0.3, -0.25) is 4.79 Å². The molecule has 1 N–H and O–H groups in total. The average molecular weight is 361 g/mol. The van der Waals surface area contributed by atoms with Crippen molar-refractivity contribution in [2.45, 2.75) is 63.5 Å². The number of rotatable bonds is 5. The van der Waals surface area contributed by atoms with Crippen LogP contribution in [0.5, 0.6) is 11.5 Å². The molecule has 1 aromatic rings. The predicted molar refractivity (Wildman–Crippen MR) is 100 cm³/mol. The highest BCUT2D eigenvalue weighted by molar-refractivity contribution is 5.77. The van der Waals surface area contributed by atoms with E-state index in [1.54, 1.807) is 14.2 Å². The van der Waals surface area contributed by atoms with Gasteiger partial charge in [-0.15, -0.1) is 0 Å². The van der Waals surface area contributed by atoms with Crippen LogP contribution in [0.1, 0.15) is 63.5 Å². The van der Waals surface area contributed by atoms with Crippen molar-refractivity contribution < 1.29 is 19.4 Å². The number of methoxy groups -OCH3 is 2. The Bertz CT molecular complexity index is 647. The van der Waals surface area contributed by atoms with Crippen molar-refractivity contribution in [2.24, 2.45) is 5.92 Å². The van der Waals surface area contributed by atoms with Crippen LogP contribution in [0.15, 0.2) is 18.2 Å². The van der Waals surface area contributed by atoms with Gasteiger partial charge in [-0.25, -0.2) is 0 Å². The van der Waals surface area contributed by atoms with Crippen molar-refractivity contribution in [3.8, 4) is 11.5 Å². The molecule has 0 spiro atoms. The Kier molecular flexibility index (Phi) is 5.76. The number of carbonyl (C=O) groups excluding carboxylic acids is 1. The first-order chi connectivity index (χ1) is 12.5. The number of piperidine rings is 1. The van der Waals surface area contributed by atoms with Crippen LogP contribution >= 0.6 is 0 Å². The van der Waals surface area contributed by atoms with Gasteiger partial charge in [0.1, 0.15) is 11.5 Å². The van der Waals surface area contributed by atoms with Crippen LogP contribution in [0.2, 0.25) is 0 Å². The monoisotopic (exact) mass is 361 g/mol. The molecular weight excluding hydrogens is 330 g/mol. The summed E-state index contributed by atoms with van der Waals surface area (Å²) >= 11 is 0. The van der Waals surface area contributed by atoms with Crippen molar-refractivity contribution in [2.75, 3.05) is 20.8 Å². The molecule has 26 heavy (non-hydrogen) atoms. The van der Waals surface area contributed by atoms with Crippen LogP contribution in [0.3, 0.4) is 0 Å². The molecule has 3 rings (SSSR count). The van der Waals surface area contributed by atoms with Gasteiger partial charge in [-0.05, 0) is 37.8 Å². The first-order valence-corrected chi connectivity index (χ1v) is 9.78. The molecule has 1 aliphatic heterocycles. The van der Waals surface area contributed by atoms with Crippen LogP contribution in [-0.2, 0) is 4.79 Å². The first kappa shape index (κ1) is 19.0. The van der Waals surface area contributed by atoms with E-state index < -0.39 is 5.60 Å². The third-order valence-corrected chi connectivity index (χ3v) is 6.11. The number of amides is 1. The smallest absolute Gasteiger partial charge is 0.223 e. The topological polar surface area (TPSA) is 59.0 Å². The highest BCUT2D eigenvalue weighted by atomic mass is 16.5. The van der Waals surface area contributed by atoms with Gasteiger partial charge in [0.25, 0.3) is 0 Å². The Balaban J connectivity index is 2.05. The summed E-state index contributed by atoms with van der Waals surface area (Å²) in [7, 11) is 3.28. The van der Waals surface area contributed by atoms with E-state index >= 15 is 0 Å². The summed E-state index contributed by atoms with van der Waals surface area (Å²) in [5, 5.41) is 11.3. The summed E-state index contributed by atoms with van der Waals surface area (Å²) in [6, 6.07) is 5.63. The van der Waals surface area contributed by atoms with Crippen LogP contribution in [-0.4, -0.2) is 42.3 Å². The Hall–Kier alpha value is -1.75. The Morgan fingerprint density at radius 2 is 2.08 bits per heavy atom. The second kappa shape index (κ2) is 7.87. The number of likely N-dealkylation sites (tertiary alicyclic amines) is 1. The van der Waals surface area contributed by atoms with E-state index in [1.807, 2.05) is 30.0 Å². The maximum absolute atomic E-state index is 12.9. The number of nitrogens with zero attached hydrogens (tertiary/aromatic N) is 1. The van der Waals surface area contributed by atoms with E-state index in [0.717, 1.165) is 49.2 Å². The molecule has 1 heterocycles. The second-order valence-corrected chi connectivity index (χ2v) is 7.60. The summed E-state index contributed by atoms with van der Waals surface area (Å²) in [6.45, 7) is 2.63. The number of hydrogen-bond acceptors (Lipinski definition) is 4. The number of benzene rings is 1. The molecule has 2 fully saturated rings. The lowest BCUT2D eigenvalue weighted by Gasteiger charge is -2.52. The molecule has 1 aromatic carbocycles. The van der Waals surface area contributed by atoms with Gasteiger partial charge in [0.2, 0.25) is 5.91 Å². The molecule has 0 radical (unpaired) electrons. The molecule has 0 aromatic heterocycles. The standard InChI is InChI=1S/C21H31NO4/c1-4-7-19(23)22-13-12-21(24)11-6-5-8-17(21)20(22)16-10-9-15(25-2)14-18(16)26-3/h9-10,14,17,20,24H,4-8,11-13H2,1-3H3/t17-,20+,21-/m1/s1. The van der Waals surface area contributed by atoms with Gasteiger partial charge in [-0.2, -0.15) is 0 Å². The Morgan fingerprint density at radius 1 is 1.27 bits per heavy atom. The highest BCUT2D eigenvalue weighted by Gasteiger charge is 2.50. The van der Waals surface area contributed by atoms with Crippen LogP contribution in [0, 0.1) is 5.92 Å². The molecule has 144 valence electrons. The van der Waals surface area contributed by atoms with Crippen molar-refractivity contribution in [3.05, 3.63) is 23.8 Å². The summed E-state index contributed by atoms with van der Waals surface area (Å²) in [4.78, 5) is 14.8. The Morgan fingerprint density at radius 3 is 2.77 bits per heavy atom. The summed E-state index contributed by atoms with van der Waals surface area (Å²) in [6.07, 6.45) is 5.95. The molecule has 1 amide bonds. The maximum Gasteiger partial charge on any atom is 0.223 e. The third-order valence-electron chi connectivity index (χ3n) is 6.11. The quantitative estimate of drug-likeness (QED) is 0.869. The van der Waals surface area contributed by atoms with Gasteiger partial charge in [0.05, 0.1) is 25.9 Å². The average Bonchev–Trinajstić information content (AvgIpc) is 2.66. The normalized spacial score (nSPS) is 28.4. The minimum atomic E-state index is -0.684. The van der Waals surface area contributed by atoms with Crippen LogP contribution in [0.4, 0.5) is 0 Å². The largest absolute Gasteiger partial charge is 0.497 e. The zero-order valence-electron chi connectivity index (χ0n) is 16.2. The zero-order valence-corrected chi connectivity index (χ0v) is 16.2. The van der Waals surface area contributed by atoms with E-state index in [9.17, 15) is 9.90 Å². The van der Waals surface area contributed by atoms with Gasteiger partial charge < -0.3 is 19.5 Å². The minimum Gasteiger partial charge on any atom is -0.497 e. The van der Waals surface area contributed by atoms with Crippen LogP contribution < -0.4 is 9.47 Å². The van der Waals surface area contributed by atoms with E-state index in [-0.39, 0.29) is 17.9 Å². The fourth-order valence-corrected chi connectivity index (χ4v) is 4.77. The van der Waals surface area contributed by atoms with Gasteiger partial charge in [0, 0.05) is 30.5 Å². The lowest BCUT2D eigenvalue weighted by molar-refractivity contribution is -0.155. The van der Waals surface area contributed by atoms with Crippen molar-refractivity contribution in [3.63, 3.8) is 0 Å². The molecular formula is C21H31NO4. The SMILES string of the molecule is CCCC(=O)N1CC[C@]2(O)CCCC[C@@H]2[C@@H]1c1ccc(OC)cc1OC. The molecule has 0 bridgehead atoms. The summed E-state index contributed by atoms with van der Waals surface area (Å²) < 4.78 is 11.0. The first-order valence-electron chi connectivity index (χ1n) is 9.78. The van der Waals surface area contributed by atoms with Crippen molar-refractivity contribution in [1.29, 1.82) is 0 Å². The minimum absolute atomic E-state index is 0.0492. The molecule has 1 saturated heterocycles. The summed E-state index contributed by atoms with van der Waals surface area (Å²) in [5.74, 6) is 1.67. The molecule has 5 nitrogen and oxygen atoms in total. The van der Waals surface area contributed by atoms with E-state index in [0.29, 0.717) is 19.4 Å². The zero-order chi connectivity index (χ0) is 18.7. The number of aliphatic hydroxyl groups is 1. The second-order valence-electron chi connectivity index (χ2n) is 7.60. The third kappa shape index (κ3) is 3.41. The van der Waals surface area contributed by atoms with Gasteiger partial charge in [0.15, 0.2) is 0 Å². The summed E-state index contributed by atoms with van der Waals surface area (Å²) in [5.41, 5.74) is 0.291. The predicted octanol–water partition coefficient (Wildman–Crippen LogP) is 3.70. The van der Waals surface area contributed by atoms with E-state index in [4.69, 9.17) is 9.47 Å². The molecule has 3 atom stereocenters. The lowest BCUT2D eigenvalue weighted by Crippen LogP contribution is -2.56. The van der Waals surface area contributed by atoms with E-state index in [1.165, 1.54) is 0 Å². The lowest BCUT2D eigenvalue weighted by atomic mass is 9.66. The van der Waals surface area contributed by atoms with E-state index in [2.05, 4.69) is 0 Å². The number of hydrogen-bond donors (Lipinski definition) is 1. The van der Waals surface area contributed by atoms with Crippen molar-refractivity contribution >= 4 is 5.91 Å². The van der Waals surface area contributed by atoms with Crippen LogP contribution in [0.25, 0.3) is 0 Å². The molecule has 2 aliphatic rings. The fraction of sp³-hybridized carbons (Fsp3) is 0.667. The Labute approximate surface area is 156 Å². The van der Waals surface area contributed by atoms with Gasteiger partial charge in [-0.1, -0.05) is 19.8 Å². The fourth-order valence-electron chi connectivity index (χ4n) is 4.77. The number of carbonyl (C=O) groups is 1. The van der Waals surface area contributed by atoms with Crippen molar-refractivity contribution in [1.82, 2.24) is 4.90 Å². The molecule has 1 aliphatic carbocycles. The molecule has 1 saturated carbocycles. The molecule has 5 heteroatoms. The highest BCUT2D eigenvalue weighted by Crippen LogP contribution is 2.51. The maximum atomic E-state index is 12.9. The number of ether oxygens (including phenoxy) is 2. The number of fused-ring (bicyclic) bond motifs is 1. The molecule has 0 unspecified atom stereocenters. The van der Waals surface area contributed by atoms with Gasteiger partial charge >= 0.3 is 0 Å².